The van der Waals surface area contributed by atoms with Crippen LogP contribution in [0.5, 0.6) is 0 Å². The maximum Gasteiger partial charge on any atom is 0.309 e. The highest BCUT2D eigenvalue weighted by Gasteiger charge is 2.26. The molecule has 0 unspecified atom stereocenters. The second-order valence-electron chi connectivity index (χ2n) is 5.68. The van der Waals surface area contributed by atoms with Gasteiger partial charge in [0.15, 0.2) is 0 Å². The summed E-state index contributed by atoms with van der Waals surface area (Å²) >= 11 is 0. The second-order valence-corrected chi connectivity index (χ2v) is 5.68. The van der Waals surface area contributed by atoms with Crippen LogP contribution in [-0.4, -0.2) is 33.5 Å². The summed E-state index contributed by atoms with van der Waals surface area (Å²) in [5.41, 5.74) is 0.804. The number of nitrogens with one attached hydrogen (secondary N) is 2. The number of rotatable bonds is 6. The van der Waals surface area contributed by atoms with Crippen molar-refractivity contribution in [3.63, 3.8) is 0 Å². The van der Waals surface area contributed by atoms with Gasteiger partial charge in [0.25, 0.3) is 0 Å². The molecule has 0 aliphatic carbocycles. The summed E-state index contributed by atoms with van der Waals surface area (Å²) in [7, 11) is 0. The minimum Gasteiger partial charge on any atom is -0.481 e. The number of hydrogen-bond donors (Lipinski definition) is 3. The van der Waals surface area contributed by atoms with Crippen molar-refractivity contribution in [1.29, 1.82) is 0 Å². The molecule has 0 aromatic carbocycles. The molecule has 0 bridgehead atoms. The van der Waals surface area contributed by atoms with Crippen molar-refractivity contribution in [2.45, 2.75) is 26.7 Å². The maximum atomic E-state index is 11.9. The van der Waals surface area contributed by atoms with Gasteiger partial charge in [-0.3, -0.25) is 9.59 Å². The molecule has 112 valence electrons. The molecule has 6 nitrogen and oxygen atoms in total. The predicted molar refractivity (Wildman–Crippen MR) is 78.8 cm³/mol. The van der Waals surface area contributed by atoms with E-state index in [0.29, 0.717) is 13.0 Å². The van der Waals surface area contributed by atoms with Gasteiger partial charge in [0.1, 0.15) is 5.65 Å². The minimum absolute atomic E-state index is 0.124. The molecule has 0 saturated heterocycles. The average molecular weight is 289 g/mol. The van der Waals surface area contributed by atoms with Crippen LogP contribution in [0.25, 0.3) is 11.0 Å². The Morgan fingerprint density at radius 1 is 1.43 bits per heavy atom. The number of H-pyrrole nitrogens is 1. The van der Waals surface area contributed by atoms with Crippen LogP contribution in [0, 0.1) is 5.41 Å². The molecule has 0 spiro atoms. The first-order chi connectivity index (χ1) is 9.90. The molecule has 6 heteroatoms. The number of nitrogens with zero attached hydrogens (tertiary/aromatic N) is 1. The van der Waals surface area contributed by atoms with Crippen LogP contribution in [0.1, 0.15) is 25.8 Å². The van der Waals surface area contributed by atoms with Crippen molar-refractivity contribution in [2.24, 2.45) is 5.41 Å². The molecule has 21 heavy (non-hydrogen) atoms. The number of hydrogen-bond acceptors (Lipinski definition) is 3. The third kappa shape index (κ3) is 3.59. The van der Waals surface area contributed by atoms with Crippen LogP contribution in [0.4, 0.5) is 0 Å². The summed E-state index contributed by atoms with van der Waals surface area (Å²) in [4.78, 5) is 30.1. The number of aromatic amines is 1. The van der Waals surface area contributed by atoms with Gasteiger partial charge >= 0.3 is 5.97 Å². The molecule has 1 amide bonds. The van der Waals surface area contributed by atoms with Gasteiger partial charge in [-0.05, 0) is 38.0 Å². The summed E-state index contributed by atoms with van der Waals surface area (Å²) in [6.07, 6.45) is 4.11. The molecule has 2 aromatic rings. The van der Waals surface area contributed by atoms with Crippen LogP contribution in [0.15, 0.2) is 24.5 Å². The Morgan fingerprint density at radius 2 is 2.19 bits per heavy atom. The average Bonchev–Trinajstić information content (AvgIpc) is 2.82. The number of aromatic nitrogens is 2. The van der Waals surface area contributed by atoms with Gasteiger partial charge in [-0.2, -0.15) is 0 Å². The van der Waals surface area contributed by atoms with E-state index < -0.39 is 11.4 Å². The van der Waals surface area contributed by atoms with E-state index in [4.69, 9.17) is 5.11 Å². The molecule has 3 N–H and O–H groups in total. The lowest BCUT2D eigenvalue weighted by Gasteiger charge is -2.18. The van der Waals surface area contributed by atoms with E-state index in [0.717, 1.165) is 16.6 Å². The van der Waals surface area contributed by atoms with E-state index in [1.165, 1.54) is 0 Å². The van der Waals surface area contributed by atoms with Gasteiger partial charge in [0, 0.05) is 24.3 Å². The molecule has 0 aliphatic rings. The molecule has 0 aliphatic heterocycles. The van der Waals surface area contributed by atoms with Crippen LogP contribution < -0.4 is 5.32 Å². The van der Waals surface area contributed by atoms with Gasteiger partial charge < -0.3 is 15.4 Å². The SMILES string of the molecule is CC(C)(CCNC(=O)Cc1c[nH]c2ncccc12)C(=O)O. The fourth-order valence-corrected chi connectivity index (χ4v) is 2.02. The molecule has 0 atom stereocenters. The third-order valence-corrected chi connectivity index (χ3v) is 3.54. The lowest BCUT2D eigenvalue weighted by Crippen LogP contribution is -2.32. The number of aliphatic carboxylic acids is 1. The molecule has 2 rings (SSSR count). The molecular formula is C15H19N3O3. The summed E-state index contributed by atoms with van der Waals surface area (Å²) in [6, 6.07) is 3.74. The van der Waals surface area contributed by atoms with E-state index in [1.54, 1.807) is 26.2 Å². The van der Waals surface area contributed by atoms with E-state index >= 15 is 0 Å². The van der Waals surface area contributed by atoms with Gasteiger partial charge in [-0.25, -0.2) is 4.98 Å². The Kier molecular flexibility index (Phi) is 4.26. The topological polar surface area (TPSA) is 95.1 Å². The smallest absolute Gasteiger partial charge is 0.309 e. The van der Waals surface area contributed by atoms with Crippen molar-refractivity contribution in [3.8, 4) is 0 Å². The minimum atomic E-state index is -0.862. The number of fused-ring (bicyclic) bond motifs is 1. The van der Waals surface area contributed by atoms with Gasteiger partial charge in [0.05, 0.1) is 11.8 Å². The summed E-state index contributed by atoms with van der Waals surface area (Å²) < 4.78 is 0. The van der Waals surface area contributed by atoms with Crippen molar-refractivity contribution >= 4 is 22.9 Å². The first-order valence-electron chi connectivity index (χ1n) is 6.81. The lowest BCUT2D eigenvalue weighted by molar-refractivity contribution is -0.147. The molecule has 2 heterocycles. The normalized spacial score (nSPS) is 11.5. The first-order valence-corrected chi connectivity index (χ1v) is 6.81. The Bertz CT molecular complexity index is 661. The molecule has 0 saturated carbocycles. The highest BCUT2D eigenvalue weighted by Crippen LogP contribution is 2.19. The largest absolute Gasteiger partial charge is 0.481 e. The molecule has 2 aromatic heterocycles. The Hall–Kier alpha value is -2.37. The monoisotopic (exact) mass is 289 g/mol. The molecular weight excluding hydrogens is 270 g/mol. The predicted octanol–water partition coefficient (Wildman–Crippen LogP) is 1.72. The van der Waals surface area contributed by atoms with Crippen molar-refractivity contribution < 1.29 is 14.7 Å². The highest BCUT2D eigenvalue weighted by molar-refractivity contribution is 5.87. The van der Waals surface area contributed by atoms with Crippen LogP contribution in [-0.2, 0) is 16.0 Å². The quantitative estimate of drug-likeness (QED) is 0.754. The van der Waals surface area contributed by atoms with Crippen molar-refractivity contribution in [1.82, 2.24) is 15.3 Å². The number of carboxylic acids is 1. The second kappa shape index (κ2) is 5.95. The van der Waals surface area contributed by atoms with E-state index in [9.17, 15) is 9.59 Å². The Morgan fingerprint density at radius 3 is 2.90 bits per heavy atom. The zero-order valence-corrected chi connectivity index (χ0v) is 12.1. The number of carbonyl (C=O) groups is 2. The number of amides is 1. The first kappa shape index (κ1) is 15.0. The lowest BCUT2D eigenvalue weighted by atomic mass is 9.90. The summed E-state index contributed by atoms with van der Waals surface area (Å²) in [5.74, 6) is -0.986. The Balaban J connectivity index is 1.89. The Labute approximate surface area is 122 Å². The van der Waals surface area contributed by atoms with Crippen molar-refractivity contribution in [3.05, 3.63) is 30.1 Å². The van der Waals surface area contributed by atoms with E-state index in [-0.39, 0.29) is 12.3 Å². The van der Waals surface area contributed by atoms with E-state index in [2.05, 4.69) is 15.3 Å². The number of carboxylic acid groups (broad SMARTS) is 1. The van der Waals surface area contributed by atoms with Crippen LogP contribution >= 0.6 is 0 Å². The highest BCUT2D eigenvalue weighted by atomic mass is 16.4. The fourth-order valence-electron chi connectivity index (χ4n) is 2.02. The fraction of sp³-hybridized carbons (Fsp3) is 0.400. The molecule has 0 radical (unpaired) electrons. The number of pyridine rings is 1. The zero-order chi connectivity index (χ0) is 15.5. The van der Waals surface area contributed by atoms with Gasteiger partial charge in [0.2, 0.25) is 5.91 Å². The number of carbonyl (C=O) groups excluding carboxylic acids is 1. The van der Waals surface area contributed by atoms with E-state index in [1.807, 2.05) is 12.1 Å². The third-order valence-electron chi connectivity index (χ3n) is 3.54. The van der Waals surface area contributed by atoms with Gasteiger partial charge in [-0.15, -0.1) is 0 Å². The van der Waals surface area contributed by atoms with Crippen LogP contribution in [0.3, 0.4) is 0 Å². The summed E-state index contributed by atoms with van der Waals surface area (Å²) in [5, 5.41) is 12.7. The molecule has 0 fully saturated rings. The standard InChI is InChI=1S/C15H19N3O3/c1-15(2,14(20)21)5-7-16-12(19)8-10-9-18-13-11(10)4-3-6-17-13/h3-4,6,9H,5,7-8H2,1-2H3,(H,16,19)(H,17,18)(H,20,21). The van der Waals surface area contributed by atoms with Gasteiger partial charge in [-0.1, -0.05) is 0 Å². The maximum absolute atomic E-state index is 11.9. The summed E-state index contributed by atoms with van der Waals surface area (Å²) in [6.45, 7) is 3.64. The van der Waals surface area contributed by atoms with Crippen LogP contribution in [0.2, 0.25) is 0 Å². The van der Waals surface area contributed by atoms with Crippen molar-refractivity contribution in [2.75, 3.05) is 6.54 Å². The zero-order valence-electron chi connectivity index (χ0n) is 12.1.